The molecule has 0 aliphatic carbocycles. The van der Waals surface area contributed by atoms with Crippen molar-refractivity contribution < 1.29 is 31.4 Å². The summed E-state index contributed by atoms with van der Waals surface area (Å²) in [6, 6.07) is 0. The molecular formula is HIO3. The summed E-state index contributed by atoms with van der Waals surface area (Å²) in [6.07, 6.45) is 0. The summed E-state index contributed by atoms with van der Waals surface area (Å²) in [6.45, 7) is 0. The van der Waals surface area contributed by atoms with Crippen LogP contribution in [0.4, 0.5) is 0 Å². The summed E-state index contributed by atoms with van der Waals surface area (Å²) < 4.78 is 26.8. The average Bonchev–Trinajstić information content (AvgIpc) is 1.38. The van der Waals surface area contributed by atoms with Gasteiger partial charge in [0.2, 0.25) is 0 Å². The molecule has 0 saturated carbocycles. The normalized spacial score (nSPS) is 12.2. The molecule has 0 unspecified atom stereocenters. The standard InChI is InChI=1S/HIO3/c2-1(3)4/h2H/i2D. The second-order valence-electron chi connectivity index (χ2n) is 0.189. The van der Waals surface area contributed by atoms with E-state index < -0.39 is 21.1 Å². The van der Waals surface area contributed by atoms with E-state index in [-0.39, 0.29) is 0 Å². The minimum absolute atomic E-state index is 3.05. The van der Waals surface area contributed by atoms with Crippen molar-refractivity contribution in [3.05, 3.63) is 0 Å². The van der Waals surface area contributed by atoms with E-state index in [0.29, 0.717) is 0 Å². The lowest BCUT2D eigenvalue weighted by atomic mass is 16.0. The Morgan fingerprint density at radius 3 is 2.25 bits per heavy atom. The summed E-state index contributed by atoms with van der Waals surface area (Å²) in [4.78, 5) is 0. The van der Waals surface area contributed by atoms with Crippen LogP contribution in [0.3, 0.4) is 0 Å². The van der Waals surface area contributed by atoms with Gasteiger partial charge >= 0.3 is 22.5 Å². The number of rotatable bonds is 1. The van der Waals surface area contributed by atoms with Crippen molar-refractivity contribution in [3.8, 4) is 0 Å². The first-order valence-corrected chi connectivity index (χ1v) is 3.11. The molecular weight excluding hydrogens is 175 g/mol. The highest BCUT2D eigenvalue weighted by atomic mass is 127. The summed E-state index contributed by atoms with van der Waals surface area (Å²) >= 11 is -3.62. The highest BCUT2D eigenvalue weighted by molar-refractivity contribution is 1.94. The number of halogens is 1. The third-order valence-electron chi connectivity index (χ3n) is 0. The molecule has 26 valence electrons. The minimum Gasteiger partial charge on any atom is -0.396 e. The summed E-state index contributed by atoms with van der Waals surface area (Å²) in [7, 11) is 0. The first kappa shape index (κ1) is 2.83. The van der Waals surface area contributed by atoms with Crippen LogP contribution < -0.4 is 27.9 Å². The SMILES string of the molecule is [2H]O[I+2]([O-])[O-]. The lowest BCUT2D eigenvalue weighted by Gasteiger charge is -1.67. The van der Waals surface area contributed by atoms with Gasteiger partial charge in [-0.3, -0.25) is 0 Å². The van der Waals surface area contributed by atoms with Crippen LogP contribution in [0.2, 0.25) is 0 Å². The average molecular weight is 177 g/mol. The fraction of sp³-hybridized carbons (Fsp3) is 0. The number of hydrogen-bond donors (Lipinski definition) is 1. The molecule has 0 amide bonds. The van der Waals surface area contributed by atoms with Gasteiger partial charge in [-0.25, -0.2) is 0 Å². The van der Waals surface area contributed by atoms with Gasteiger partial charge in [0.25, 0.3) is 0 Å². The monoisotopic (exact) mass is 177 g/mol. The number of hydrogen-bond acceptors (Lipinski definition) is 3. The second kappa shape index (κ2) is 1.89. The molecule has 0 aromatic heterocycles. The maximum Gasteiger partial charge on any atom is 0.503 e. The Bertz CT molecular complexity index is 20.9. The molecule has 0 heterocycles. The zero-order valence-electron chi connectivity index (χ0n) is 2.60. The van der Waals surface area contributed by atoms with E-state index >= 15 is 0 Å². The Morgan fingerprint density at radius 2 is 2.25 bits per heavy atom. The quantitative estimate of drug-likeness (QED) is 0.405. The maximum absolute atomic E-state index is 9.09. The zero-order chi connectivity index (χ0) is 4.28. The lowest BCUT2D eigenvalue weighted by molar-refractivity contribution is -1.63. The molecule has 0 rings (SSSR count). The van der Waals surface area contributed by atoms with E-state index in [1.807, 2.05) is 0 Å². The van der Waals surface area contributed by atoms with Gasteiger partial charge in [-0.1, -0.05) is 0 Å². The molecule has 4 heavy (non-hydrogen) atoms. The first-order valence-electron chi connectivity index (χ1n) is 0.871. The highest BCUT2D eigenvalue weighted by Gasteiger charge is 1.89. The van der Waals surface area contributed by atoms with Gasteiger partial charge < -0.3 is 6.87 Å². The molecule has 1 N–H and O–H groups in total. The predicted molar refractivity (Wildman–Crippen MR) is 2.22 cm³/mol. The van der Waals surface area contributed by atoms with E-state index in [1.165, 1.54) is 0 Å². The van der Waals surface area contributed by atoms with Crippen molar-refractivity contribution in [3.63, 3.8) is 0 Å². The Morgan fingerprint density at radius 1 is 2.00 bits per heavy atom. The third-order valence-corrected chi connectivity index (χ3v) is 0. The molecule has 4 heteroatoms. The van der Waals surface area contributed by atoms with Crippen molar-refractivity contribution in [2.75, 3.05) is 0 Å². The smallest absolute Gasteiger partial charge is 0.396 e. The Labute approximate surface area is 33.4 Å². The topological polar surface area (TPSA) is 66.3 Å². The third kappa shape index (κ3) is 18.2. The van der Waals surface area contributed by atoms with Crippen molar-refractivity contribution in [1.82, 2.24) is 0 Å². The molecule has 0 fully saturated rings. The van der Waals surface area contributed by atoms with Gasteiger partial charge in [0.05, 0.1) is 0 Å². The zero-order valence-corrected chi connectivity index (χ0v) is 3.76. The van der Waals surface area contributed by atoms with Crippen molar-refractivity contribution in [2.45, 2.75) is 0 Å². The fourth-order valence-electron chi connectivity index (χ4n) is 0. The molecule has 0 aliphatic heterocycles. The molecule has 0 spiro atoms. The van der Waals surface area contributed by atoms with E-state index in [2.05, 4.69) is 3.44 Å². The molecule has 3 nitrogen and oxygen atoms in total. The van der Waals surface area contributed by atoms with Gasteiger partial charge in [0.1, 0.15) is 0 Å². The molecule has 0 aromatic carbocycles. The predicted octanol–water partition coefficient (Wildman–Crippen LogP) is -5.93. The molecule has 0 aliphatic rings. The Kier molecular flexibility index (Phi) is 1.33. The van der Waals surface area contributed by atoms with Crippen LogP contribution in [-0.2, 0) is 0 Å². The minimum atomic E-state index is -3.62. The van der Waals surface area contributed by atoms with E-state index in [1.54, 1.807) is 0 Å². The van der Waals surface area contributed by atoms with Crippen LogP contribution in [0.25, 0.3) is 0 Å². The van der Waals surface area contributed by atoms with Gasteiger partial charge in [0, 0.05) is 0 Å². The van der Waals surface area contributed by atoms with Crippen LogP contribution in [0.1, 0.15) is 0 Å². The summed E-state index contributed by atoms with van der Waals surface area (Å²) in [5.41, 5.74) is 0. The molecule has 0 atom stereocenters. The van der Waals surface area contributed by atoms with Gasteiger partial charge in [0.15, 0.2) is 0 Å². The lowest BCUT2D eigenvalue weighted by Crippen LogP contribution is -3.98. The molecule has 0 aromatic rings. The van der Waals surface area contributed by atoms with Gasteiger partial charge in [-0.05, 0) is 3.44 Å². The van der Waals surface area contributed by atoms with Gasteiger partial charge in [-0.15, -0.1) is 0 Å². The fourth-order valence-corrected chi connectivity index (χ4v) is 0. The largest absolute Gasteiger partial charge is 0.503 e. The molecule has 0 radical (unpaired) electrons. The van der Waals surface area contributed by atoms with E-state index in [0.717, 1.165) is 0 Å². The second-order valence-corrected chi connectivity index (χ2v) is 1.27. The Hall–Kier alpha value is 0.610. The van der Waals surface area contributed by atoms with Crippen LogP contribution >= 0.6 is 0 Å². The molecule has 0 saturated heterocycles. The highest BCUT2D eigenvalue weighted by Crippen LogP contribution is 0.251. The van der Waals surface area contributed by atoms with Crippen LogP contribution in [0.15, 0.2) is 0 Å². The van der Waals surface area contributed by atoms with Crippen LogP contribution in [0, 0.1) is 0 Å². The first-order chi connectivity index (χ1) is 2.27. The van der Waals surface area contributed by atoms with Crippen molar-refractivity contribution in [2.24, 2.45) is 0 Å². The summed E-state index contributed by atoms with van der Waals surface area (Å²) in [5, 5.41) is 0. The van der Waals surface area contributed by atoms with E-state index in [9.17, 15) is 0 Å². The van der Waals surface area contributed by atoms with Crippen LogP contribution in [0.5, 0.6) is 0 Å². The Balaban J connectivity index is 2.54. The van der Waals surface area contributed by atoms with E-state index in [4.69, 9.17) is 8.30 Å². The van der Waals surface area contributed by atoms with Gasteiger partial charge in [-0.2, -0.15) is 0 Å². The molecule has 0 bridgehead atoms. The van der Waals surface area contributed by atoms with Crippen molar-refractivity contribution >= 4 is 0 Å². The maximum atomic E-state index is 9.09. The summed E-state index contributed by atoms with van der Waals surface area (Å²) in [5.74, 6) is 0. The van der Waals surface area contributed by atoms with Crippen molar-refractivity contribution in [1.29, 1.82) is 1.43 Å². The van der Waals surface area contributed by atoms with Crippen LogP contribution in [-0.4, -0.2) is 4.87 Å².